The van der Waals surface area contributed by atoms with Gasteiger partial charge in [-0.3, -0.25) is 0 Å². The minimum atomic E-state index is -7.25. The largest absolute Gasteiger partial charge is 0.744 e. The smallest absolute Gasteiger partial charge is 0.428 e. The molecule has 8 fully saturated rings. The molecule has 778 valence electrons. The van der Waals surface area contributed by atoms with Crippen LogP contribution in [0, 0.1) is 11.8 Å². The van der Waals surface area contributed by atoms with E-state index in [1.54, 1.807) is 14.2 Å². The van der Waals surface area contributed by atoms with E-state index in [9.17, 15) is 78.8 Å². The summed E-state index contributed by atoms with van der Waals surface area (Å²) in [7, 11) is -19.5. The van der Waals surface area contributed by atoms with Gasteiger partial charge in [-0.2, -0.15) is 30.6 Å². The summed E-state index contributed by atoms with van der Waals surface area (Å²) in [6.45, 7) is -1.10. The molecule has 1 aliphatic heterocycles. The summed E-state index contributed by atoms with van der Waals surface area (Å²) >= 11 is 0. The zero-order chi connectivity index (χ0) is 103. The van der Waals surface area contributed by atoms with Gasteiger partial charge in [0, 0.05) is 25.2 Å². The van der Waals surface area contributed by atoms with Gasteiger partial charge < -0.3 is 28.2 Å². The molecule has 19 rings (SSSR count). The van der Waals surface area contributed by atoms with Crippen LogP contribution in [0.5, 0.6) is 11.5 Å². The number of alkyl halides is 6. The molecule has 8 aliphatic rings. The van der Waals surface area contributed by atoms with Crippen LogP contribution in [0.15, 0.2) is 333 Å². The van der Waals surface area contributed by atoms with E-state index < -0.39 is 69.9 Å². The highest BCUT2D eigenvalue weighted by molar-refractivity contribution is 7.97. The normalized spacial score (nSPS) is 18.7. The number of halogens is 6. The quantitative estimate of drug-likeness (QED) is 0.0318. The number of rotatable bonds is 25. The average molecular weight is 2120 g/mol. The molecule has 0 amide bonds. The number of benzene rings is 11. The monoisotopic (exact) mass is 2120 g/mol. The number of fused-ring (bicyclic) bond motifs is 1. The lowest BCUT2D eigenvalue weighted by Gasteiger charge is -2.42. The fraction of sp³-hybridized carbons (Fsp3) is 0.436. The third-order valence-electron chi connectivity index (χ3n) is 29.9. The Kier molecular flexibility index (Phi) is 40.6. The Morgan fingerprint density at radius 2 is 0.559 bits per heavy atom. The maximum atomic E-state index is 14.0. The molecule has 2 atom stereocenters. The van der Waals surface area contributed by atoms with Gasteiger partial charge in [0.1, 0.15) is 31.7 Å². The maximum Gasteiger partial charge on any atom is 0.428 e. The lowest BCUT2D eigenvalue weighted by Crippen LogP contribution is -2.64. The first-order valence-electron chi connectivity index (χ1n) is 51.7. The zero-order valence-electron chi connectivity index (χ0n) is 82.9. The Morgan fingerprint density at radius 1 is 0.303 bits per heavy atom. The number of hydrogen-bond donors (Lipinski definition) is 1. The Hall–Kier alpha value is -8.75. The number of nitrogens with zero attached hydrogens (tertiary/aromatic N) is 1. The van der Waals surface area contributed by atoms with Gasteiger partial charge in [-0.05, 0) is 285 Å². The van der Waals surface area contributed by atoms with Crippen molar-refractivity contribution in [3.05, 3.63) is 318 Å². The number of methoxy groups -OCH3 is 2. The predicted molar refractivity (Wildman–Crippen MR) is 562 cm³/mol. The Balaban J connectivity index is 0.000000139. The SMILES string of the molecule is COc1cccc([S+](c2cccc(CO)c2)c2cccc(OC)c2)c1.O=S(=O)([O-])C(F)(F)C(F)(F)C(F)(F)S(=O)(=O)N1CCC2CCCCC2C1.O=S(=O)([O-])c1c(C2CCCCC2)cc(C2CCCCC2)cc1C1CCCCC1.O=S(=O)([O-])c1c(C2CCCCC2)cc(C2CCCCC2)cc1C1CCCCC1.c1ccc([S+](c2ccccc2)c2ccccc2)cc1.c1ccc([S+](c2ccccc2)c2ccccc2)cc1. The Morgan fingerprint density at radius 3 is 0.834 bits per heavy atom. The van der Waals surface area contributed by atoms with Crippen molar-refractivity contribution in [3.8, 4) is 11.5 Å². The lowest BCUT2D eigenvalue weighted by atomic mass is 9.76. The number of piperidine rings is 1. The van der Waals surface area contributed by atoms with Gasteiger partial charge in [0.05, 0.1) is 63.3 Å². The molecule has 0 radical (unpaired) electrons. The molecule has 7 saturated carbocycles. The number of sulfonamides is 1. The van der Waals surface area contributed by atoms with Gasteiger partial charge in [0.25, 0.3) is 10.0 Å². The number of ether oxygens (including phenoxy) is 2. The van der Waals surface area contributed by atoms with Gasteiger partial charge in [-0.25, -0.2) is 33.7 Å². The number of aliphatic hydroxyl groups is 1. The molecular weight excluding hydrogens is 1980 g/mol. The summed E-state index contributed by atoms with van der Waals surface area (Å²) in [5.41, 5.74) is 7.11. The standard InChI is InChI=1S/2C24H36O3S.C21H21O3S.2C18H15S.C12H17F6NO5S2/c2*25-28(26,27)24-22(19-12-6-2-7-13-19)16-21(18-10-4-1-5-11-18)17-23(24)20-14-8-3-9-15-20;1-23-17-7-4-10-20(13-17)25(19-9-3-6-16(12-19)15-22)21-11-5-8-18(14-21)24-2;2*1-4-10-16(11-5-1)19(17-12-6-2-7-13-17)18-14-8-3-9-15-18;13-10(14,12(17,18)26(22,23)24)11(15,16)25(20,21)19-6-5-8-3-1-2-4-9(8)7-19/h2*16-20H,1-15H2,(H,25,26,27);3-14,22H,15H2,1-2H3;2*1-15H;8-9H,1-7H2,(H,22,23,24)/q;;3*+1;/p-3. The van der Waals surface area contributed by atoms with E-state index in [4.69, 9.17) is 9.47 Å². The van der Waals surface area contributed by atoms with E-state index >= 15 is 0 Å². The second-order valence-electron chi connectivity index (χ2n) is 39.5. The van der Waals surface area contributed by atoms with Crippen LogP contribution in [0.4, 0.5) is 26.3 Å². The summed E-state index contributed by atoms with van der Waals surface area (Å²) in [6.07, 6.45) is 37.7. The molecule has 28 heteroatoms. The Bertz CT molecular complexity index is 5760. The maximum absolute atomic E-state index is 14.0. The zero-order valence-corrected chi connectivity index (χ0v) is 88.6. The van der Waals surface area contributed by atoms with Crippen LogP contribution in [0.1, 0.15) is 299 Å². The predicted octanol–water partition coefficient (Wildman–Crippen LogP) is 29.5. The van der Waals surface area contributed by atoms with Crippen molar-refractivity contribution in [2.45, 2.75) is 337 Å². The van der Waals surface area contributed by atoms with Crippen LogP contribution in [0.3, 0.4) is 0 Å². The summed E-state index contributed by atoms with van der Waals surface area (Å²) in [4.78, 5) is 12.0. The molecular formula is C117H137F6NO14S7. The molecule has 7 aliphatic carbocycles. The van der Waals surface area contributed by atoms with Crippen molar-refractivity contribution >= 4 is 73.1 Å². The fourth-order valence-corrected chi connectivity index (χ4v) is 32.9. The second-order valence-corrected chi connectivity index (χ2v) is 51.6. The van der Waals surface area contributed by atoms with E-state index in [0.717, 1.165) is 170 Å². The summed E-state index contributed by atoms with van der Waals surface area (Å²) in [5.74, 6) is -3.55. The minimum Gasteiger partial charge on any atom is -0.744 e. The van der Waals surface area contributed by atoms with Crippen molar-refractivity contribution < 1.29 is 88.3 Å². The molecule has 1 N–H and O–H groups in total. The molecule has 0 aromatic heterocycles. The molecule has 1 heterocycles. The first-order valence-corrected chi connectivity index (χ1v) is 61.0. The molecule has 145 heavy (non-hydrogen) atoms. The van der Waals surface area contributed by atoms with Crippen LogP contribution in [-0.4, -0.2) is 100 Å². The van der Waals surface area contributed by atoms with Gasteiger partial charge in [-0.15, -0.1) is 0 Å². The highest BCUT2D eigenvalue weighted by atomic mass is 32.2. The van der Waals surface area contributed by atoms with Crippen LogP contribution >= 0.6 is 0 Å². The Labute approximate surface area is 864 Å². The van der Waals surface area contributed by atoms with Crippen molar-refractivity contribution in [2.24, 2.45) is 11.8 Å². The van der Waals surface area contributed by atoms with E-state index in [2.05, 4.69) is 243 Å². The van der Waals surface area contributed by atoms with Gasteiger partial charge in [0.15, 0.2) is 54.2 Å². The lowest BCUT2D eigenvalue weighted by molar-refractivity contribution is -0.247. The summed E-state index contributed by atoms with van der Waals surface area (Å²) < 4.78 is 222. The van der Waals surface area contributed by atoms with Crippen molar-refractivity contribution in [1.82, 2.24) is 4.31 Å². The van der Waals surface area contributed by atoms with Crippen LogP contribution in [0.25, 0.3) is 0 Å². The molecule has 11 aromatic rings. The highest BCUT2D eigenvalue weighted by Crippen LogP contribution is 2.54. The summed E-state index contributed by atoms with van der Waals surface area (Å²) in [6, 6.07) is 97.2. The third-order valence-corrected chi connectivity index (χ3v) is 41.3. The highest BCUT2D eigenvalue weighted by Gasteiger charge is 2.81. The van der Waals surface area contributed by atoms with Crippen molar-refractivity contribution in [2.75, 3.05) is 27.3 Å². The van der Waals surface area contributed by atoms with E-state index in [1.165, 1.54) is 130 Å². The summed E-state index contributed by atoms with van der Waals surface area (Å²) in [5, 5.41) is -3.78. The van der Waals surface area contributed by atoms with Crippen LogP contribution in [0.2, 0.25) is 0 Å². The van der Waals surface area contributed by atoms with E-state index in [-0.39, 0.29) is 95.3 Å². The van der Waals surface area contributed by atoms with Gasteiger partial charge >= 0.3 is 16.4 Å². The molecule has 0 spiro atoms. The second kappa shape index (κ2) is 52.6. The van der Waals surface area contributed by atoms with Crippen molar-refractivity contribution in [3.63, 3.8) is 0 Å². The third kappa shape index (κ3) is 28.7. The topological polar surface area (TPSA) is 248 Å². The molecule has 15 nitrogen and oxygen atoms in total. The van der Waals surface area contributed by atoms with Crippen LogP contribution in [-0.2, 0) is 79.7 Å². The van der Waals surface area contributed by atoms with Gasteiger partial charge in [0.2, 0.25) is 0 Å². The first-order chi connectivity index (χ1) is 69.8. The fourth-order valence-electron chi connectivity index (χ4n) is 22.4. The molecule has 0 bridgehead atoms. The number of hydrogen-bond acceptors (Lipinski definition) is 14. The number of aliphatic hydroxyl groups excluding tert-OH is 1. The average Bonchev–Trinajstić information content (AvgIpc) is 0.712. The van der Waals surface area contributed by atoms with Crippen molar-refractivity contribution in [1.29, 1.82) is 0 Å². The first kappa shape index (κ1) is 112. The van der Waals surface area contributed by atoms with Crippen LogP contribution < -0.4 is 9.47 Å². The molecule has 1 saturated heterocycles. The minimum absolute atomic E-state index is 0.0130. The molecule has 11 aromatic carbocycles. The van der Waals surface area contributed by atoms with E-state index in [0.29, 0.717) is 24.7 Å². The van der Waals surface area contributed by atoms with E-state index in [1.807, 2.05) is 36.4 Å². The van der Waals surface area contributed by atoms with Gasteiger partial charge in [-0.1, -0.05) is 293 Å². The molecule has 2 unspecified atom stereocenters.